The lowest BCUT2D eigenvalue weighted by atomic mass is 10.3. The van der Waals surface area contributed by atoms with Gasteiger partial charge in [0, 0.05) is 17.7 Å². The molecular formula is C7H8ClN. The zero-order chi connectivity index (χ0) is 6.69. The standard InChI is InChI=1S/C7H8ClN/c1-6-7(8)4-2-3-5-9-6/h2-3,5H,4H2,1H3. The molecule has 0 aromatic heterocycles. The van der Waals surface area contributed by atoms with Crippen LogP contribution in [-0.2, 0) is 0 Å². The molecule has 1 aliphatic heterocycles. The molecule has 0 unspecified atom stereocenters. The van der Waals surface area contributed by atoms with Gasteiger partial charge in [-0.25, -0.2) is 0 Å². The normalized spacial score (nSPS) is 18.4. The van der Waals surface area contributed by atoms with Crippen molar-refractivity contribution in [1.82, 2.24) is 0 Å². The molecule has 0 aromatic rings. The molecule has 1 aliphatic rings. The van der Waals surface area contributed by atoms with Crippen molar-refractivity contribution in [2.24, 2.45) is 4.99 Å². The summed E-state index contributed by atoms with van der Waals surface area (Å²) >= 11 is 5.79. The molecule has 2 heteroatoms. The number of rotatable bonds is 0. The number of halogens is 1. The summed E-state index contributed by atoms with van der Waals surface area (Å²) in [5, 5.41) is 0.833. The summed E-state index contributed by atoms with van der Waals surface area (Å²) in [6.07, 6.45) is 6.46. The highest BCUT2D eigenvalue weighted by Gasteiger charge is 1.95. The Kier molecular flexibility index (Phi) is 2.06. The Hall–Kier alpha value is -0.560. The number of hydrogen-bond donors (Lipinski definition) is 0. The largest absolute Gasteiger partial charge is 0.260 e. The van der Waals surface area contributed by atoms with E-state index in [2.05, 4.69) is 4.99 Å². The number of hydrogen-bond acceptors (Lipinski definition) is 1. The predicted molar refractivity (Wildman–Crippen MR) is 40.8 cm³/mol. The smallest absolute Gasteiger partial charge is 0.0520 e. The van der Waals surface area contributed by atoms with Crippen LogP contribution in [0, 0.1) is 0 Å². The van der Waals surface area contributed by atoms with Crippen LogP contribution in [-0.4, -0.2) is 6.21 Å². The van der Waals surface area contributed by atoms with E-state index in [1.54, 1.807) is 6.21 Å². The van der Waals surface area contributed by atoms with E-state index in [4.69, 9.17) is 11.6 Å². The summed E-state index contributed by atoms with van der Waals surface area (Å²) in [6, 6.07) is 0. The Bertz CT molecular complexity index is 189. The fourth-order valence-corrected chi connectivity index (χ4v) is 0.743. The molecule has 0 aromatic carbocycles. The van der Waals surface area contributed by atoms with Crippen LogP contribution >= 0.6 is 11.6 Å². The van der Waals surface area contributed by atoms with Crippen LogP contribution in [0.25, 0.3) is 0 Å². The first-order chi connectivity index (χ1) is 4.30. The number of nitrogens with zero attached hydrogens (tertiary/aromatic N) is 1. The van der Waals surface area contributed by atoms with Crippen molar-refractivity contribution >= 4 is 17.8 Å². The molecule has 0 amide bonds. The van der Waals surface area contributed by atoms with E-state index < -0.39 is 0 Å². The van der Waals surface area contributed by atoms with Gasteiger partial charge < -0.3 is 0 Å². The van der Waals surface area contributed by atoms with Crippen LogP contribution in [0.3, 0.4) is 0 Å². The van der Waals surface area contributed by atoms with Gasteiger partial charge in [-0.3, -0.25) is 4.99 Å². The van der Waals surface area contributed by atoms with E-state index >= 15 is 0 Å². The quantitative estimate of drug-likeness (QED) is 0.492. The molecule has 0 spiro atoms. The van der Waals surface area contributed by atoms with Crippen molar-refractivity contribution in [2.75, 3.05) is 0 Å². The van der Waals surface area contributed by atoms with Crippen molar-refractivity contribution in [2.45, 2.75) is 13.3 Å². The van der Waals surface area contributed by atoms with Crippen molar-refractivity contribution in [1.29, 1.82) is 0 Å². The lowest BCUT2D eigenvalue weighted by Crippen LogP contribution is -1.72. The van der Waals surface area contributed by atoms with E-state index in [9.17, 15) is 0 Å². The van der Waals surface area contributed by atoms with Gasteiger partial charge in [0.05, 0.1) is 5.70 Å². The maximum Gasteiger partial charge on any atom is 0.0520 e. The molecule has 0 radical (unpaired) electrons. The van der Waals surface area contributed by atoms with E-state index in [1.165, 1.54) is 0 Å². The summed E-state index contributed by atoms with van der Waals surface area (Å²) in [4.78, 5) is 4.04. The molecular weight excluding hydrogens is 134 g/mol. The SMILES string of the molecule is CC1=C(Cl)CC=CC=N1. The Labute approximate surface area is 59.7 Å². The van der Waals surface area contributed by atoms with Crippen molar-refractivity contribution in [3.63, 3.8) is 0 Å². The van der Waals surface area contributed by atoms with Crippen molar-refractivity contribution < 1.29 is 0 Å². The highest BCUT2D eigenvalue weighted by atomic mass is 35.5. The van der Waals surface area contributed by atoms with Crippen LogP contribution in [0.1, 0.15) is 13.3 Å². The Balaban J connectivity index is 2.85. The molecule has 1 heterocycles. The molecule has 0 saturated heterocycles. The van der Waals surface area contributed by atoms with Gasteiger partial charge in [-0.2, -0.15) is 0 Å². The molecule has 0 aliphatic carbocycles. The first-order valence-corrected chi connectivity index (χ1v) is 3.23. The van der Waals surface area contributed by atoms with Crippen LogP contribution in [0.15, 0.2) is 27.9 Å². The van der Waals surface area contributed by atoms with Gasteiger partial charge in [0.15, 0.2) is 0 Å². The molecule has 0 atom stereocenters. The second-order valence-corrected chi connectivity index (χ2v) is 2.36. The summed E-state index contributed by atoms with van der Waals surface area (Å²) in [5.41, 5.74) is 0.918. The number of allylic oxidation sites excluding steroid dienone is 4. The molecule has 0 saturated carbocycles. The second kappa shape index (κ2) is 2.83. The zero-order valence-corrected chi connectivity index (χ0v) is 6.02. The Morgan fingerprint density at radius 3 is 3.22 bits per heavy atom. The van der Waals surface area contributed by atoms with Crippen molar-refractivity contribution in [3.05, 3.63) is 22.9 Å². The van der Waals surface area contributed by atoms with Gasteiger partial charge in [-0.05, 0) is 13.0 Å². The minimum Gasteiger partial charge on any atom is -0.260 e. The second-order valence-electron chi connectivity index (χ2n) is 1.90. The van der Waals surface area contributed by atoms with Crippen LogP contribution in [0.5, 0.6) is 0 Å². The predicted octanol–water partition coefficient (Wildman–Crippen LogP) is 2.49. The van der Waals surface area contributed by atoms with Crippen molar-refractivity contribution in [3.8, 4) is 0 Å². The van der Waals surface area contributed by atoms with Crippen LogP contribution < -0.4 is 0 Å². The summed E-state index contributed by atoms with van der Waals surface area (Å²) in [5.74, 6) is 0. The monoisotopic (exact) mass is 141 g/mol. The highest BCUT2D eigenvalue weighted by molar-refractivity contribution is 6.30. The lowest BCUT2D eigenvalue weighted by Gasteiger charge is -1.92. The third-order valence-corrected chi connectivity index (χ3v) is 1.61. The summed E-state index contributed by atoms with van der Waals surface area (Å²) in [7, 11) is 0. The average Bonchev–Trinajstić information content (AvgIpc) is 1.99. The van der Waals surface area contributed by atoms with Crippen LogP contribution in [0.4, 0.5) is 0 Å². The molecule has 1 rings (SSSR count). The van der Waals surface area contributed by atoms with E-state index in [-0.39, 0.29) is 0 Å². The van der Waals surface area contributed by atoms with Gasteiger partial charge in [0.1, 0.15) is 0 Å². The van der Waals surface area contributed by atoms with E-state index in [1.807, 2.05) is 19.1 Å². The van der Waals surface area contributed by atoms with E-state index in [0.717, 1.165) is 17.2 Å². The molecule has 1 nitrogen and oxygen atoms in total. The minimum atomic E-state index is 0.813. The Morgan fingerprint density at radius 2 is 2.44 bits per heavy atom. The molecule has 9 heavy (non-hydrogen) atoms. The third kappa shape index (κ3) is 1.68. The minimum absolute atomic E-state index is 0.813. The zero-order valence-electron chi connectivity index (χ0n) is 5.26. The number of aliphatic imine (C=N–C) groups is 1. The fourth-order valence-electron chi connectivity index (χ4n) is 0.605. The molecule has 48 valence electrons. The third-order valence-electron chi connectivity index (χ3n) is 1.18. The first kappa shape index (κ1) is 6.56. The maximum absolute atomic E-state index is 5.79. The maximum atomic E-state index is 5.79. The van der Waals surface area contributed by atoms with E-state index in [0.29, 0.717) is 0 Å². The molecule has 0 fully saturated rings. The molecule has 0 N–H and O–H groups in total. The fraction of sp³-hybridized carbons (Fsp3) is 0.286. The van der Waals surface area contributed by atoms with Gasteiger partial charge in [0.25, 0.3) is 0 Å². The van der Waals surface area contributed by atoms with Gasteiger partial charge in [0.2, 0.25) is 0 Å². The first-order valence-electron chi connectivity index (χ1n) is 2.85. The lowest BCUT2D eigenvalue weighted by molar-refractivity contribution is 1.22. The van der Waals surface area contributed by atoms with Crippen LogP contribution in [0.2, 0.25) is 0 Å². The topological polar surface area (TPSA) is 12.4 Å². The van der Waals surface area contributed by atoms with Gasteiger partial charge in [-0.15, -0.1) is 0 Å². The highest BCUT2D eigenvalue weighted by Crippen LogP contribution is 2.16. The summed E-state index contributed by atoms with van der Waals surface area (Å²) in [6.45, 7) is 1.91. The van der Waals surface area contributed by atoms with Gasteiger partial charge in [-0.1, -0.05) is 17.7 Å². The van der Waals surface area contributed by atoms with Gasteiger partial charge >= 0.3 is 0 Å². The Morgan fingerprint density at radius 1 is 1.67 bits per heavy atom. The average molecular weight is 142 g/mol. The molecule has 0 bridgehead atoms. The summed E-state index contributed by atoms with van der Waals surface area (Å²) < 4.78 is 0.